The van der Waals surface area contributed by atoms with E-state index in [1.165, 1.54) is 0 Å². The standard InChI is InChI=1S/C9H15N3O5S/c13-5-12-6(3-8(15)16)9(17)11-4-7(14)10-1-2-18/h5-6,18H,1-4H2,(H,10,14)(H,11,17)(H,12,13)(H,15,16). The molecule has 8 nitrogen and oxygen atoms in total. The molecule has 1 unspecified atom stereocenters. The minimum Gasteiger partial charge on any atom is -0.481 e. The second-order valence-electron chi connectivity index (χ2n) is 3.23. The van der Waals surface area contributed by atoms with Crippen LogP contribution in [-0.2, 0) is 19.2 Å². The molecule has 102 valence electrons. The Labute approximate surface area is 109 Å². The second-order valence-corrected chi connectivity index (χ2v) is 3.67. The van der Waals surface area contributed by atoms with E-state index in [4.69, 9.17) is 5.11 Å². The highest BCUT2D eigenvalue weighted by atomic mass is 32.1. The summed E-state index contributed by atoms with van der Waals surface area (Å²) >= 11 is 3.89. The van der Waals surface area contributed by atoms with Gasteiger partial charge in [0.25, 0.3) is 0 Å². The zero-order valence-corrected chi connectivity index (χ0v) is 10.4. The third-order valence-electron chi connectivity index (χ3n) is 1.82. The summed E-state index contributed by atoms with van der Waals surface area (Å²) in [6, 6.07) is -1.20. The summed E-state index contributed by atoms with van der Waals surface area (Å²) in [6.07, 6.45) is -0.322. The van der Waals surface area contributed by atoms with E-state index in [9.17, 15) is 19.2 Å². The van der Waals surface area contributed by atoms with Crippen LogP contribution >= 0.6 is 12.6 Å². The number of thiol groups is 1. The maximum Gasteiger partial charge on any atom is 0.305 e. The van der Waals surface area contributed by atoms with Crippen molar-refractivity contribution >= 4 is 36.8 Å². The Hall–Kier alpha value is -1.77. The van der Waals surface area contributed by atoms with Crippen LogP contribution in [0.25, 0.3) is 0 Å². The molecule has 1 atom stereocenters. The predicted octanol–water partition coefficient (Wildman–Crippen LogP) is -2.26. The number of nitrogens with one attached hydrogen (secondary N) is 3. The molecule has 0 saturated heterocycles. The van der Waals surface area contributed by atoms with Gasteiger partial charge in [-0.05, 0) is 0 Å². The van der Waals surface area contributed by atoms with Crippen LogP contribution in [0.3, 0.4) is 0 Å². The topological polar surface area (TPSA) is 125 Å². The van der Waals surface area contributed by atoms with E-state index in [2.05, 4.69) is 28.6 Å². The molecule has 0 heterocycles. The van der Waals surface area contributed by atoms with Gasteiger partial charge in [0, 0.05) is 12.3 Å². The smallest absolute Gasteiger partial charge is 0.305 e. The highest BCUT2D eigenvalue weighted by Gasteiger charge is 2.21. The minimum atomic E-state index is -1.23. The molecule has 18 heavy (non-hydrogen) atoms. The molecule has 0 aliphatic carbocycles. The Morgan fingerprint density at radius 3 is 2.44 bits per heavy atom. The number of carboxylic acid groups (broad SMARTS) is 1. The molecule has 9 heteroatoms. The average molecular weight is 277 g/mol. The first-order valence-corrected chi connectivity index (χ1v) is 5.71. The average Bonchev–Trinajstić information content (AvgIpc) is 2.32. The van der Waals surface area contributed by atoms with Crippen LogP contribution in [0.4, 0.5) is 0 Å². The van der Waals surface area contributed by atoms with Crippen LogP contribution in [0.15, 0.2) is 0 Å². The summed E-state index contributed by atoms with van der Waals surface area (Å²) in [5, 5.41) is 15.3. The van der Waals surface area contributed by atoms with E-state index in [-0.39, 0.29) is 13.0 Å². The summed E-state index contributed by atoms with van der Waals surface area (Å²) in [7, 11) is 0. The fourth-order valence-electron chi connectivity index (χ4n) is 1.03. The summed E-state index contributed by atoms with van der Waals surface area (Å²) in [5.74, 6) is -1.92. The number of rotatable bonds is 9. The van der Waals surface area contributed by atoms with Crippen molar-refractivity contribution in [3.63, 3.8) is 0 Å². The van der Waals surface area contributed by atoms with E-state index in [0.717, 1.165) is 0 Å². The van der Waals surface area contributed by atoms with Crippen molar-refractivity contribution in [3.8, 4) is 0 Å². The monoisotopic (exact) mass is 277 g/mol. The maximum absolute atomic E-state index is 11.5. The molecule has 0 aliphatic heterocycles. The van der Waals surface area contributed by atoms with Gasteiger partial charge in [0.15, 0.2) is 0 Å². The Kier molecular flexibility index (Phi) is 8.37. The summed E-state index contributed by atoms with van der Waals surface area (Å²) in [5.41, 5.74) is 0. The normalized spacial score (nSPS) is 11.2. The molecule has 0 rings (SSSR count). The zero-order valence-electron chi connectivity index (χ0n) is 9.51. The van der Waals surface area contributed by atoms with E-state index in [0.29, 0.717) is 12.3 Å². The van der Waals surface area contributed by atoms with Crippen LogP contribution in [0, 0.1) is 0 Å². The first-order valence-electron chi connectivity index (χ1n) is 5.08. The number of carboxylic acids is 1. The predicted molar refractivity (Wildman–Crippen MR) is 65.1 cm³/mol. The van der Waals surface area contributed by atoms with Crippen molar-refractivity contribution in [2.24, 2.45) is 0 Å². The Morgan fingerprint density at radius 1 is 1.28 bits per heavy atom. The minimum absolute atomic E-state index is 0.230. The molecule has 0 aliphatic rings. The van der Waals surface area contributed by atoms with Crippen molar-refractivity contribution in [2.75, 3.05) is 18.8 Å². The largest absolute Gasteiger partial charge is 0.481 e. The molecular weight excluding hydrogens is 262 g/mol. The number of carbonyl (C=O) groups excluding carboxylic acids is 3. The molecule has 4 N–H and O–H groups in total. The van der Waals surface area contributed by atoms with Crippen LogP contribution in [0.1, 0.15) is 6.42 Å². The van der Waals surface area contributed by atoms with Gasteiger partial charge in [0.2, 0.25) is 18.2 Å². The zero-order chi connectivity index (χ0) is 14.0. The number of aliphatic carboxylic acids is 1. The van der Waals surface area contributed by atoms with Crippen molar-refractivity contribution in [1.82, 2.24) is 16.0 Å². The fourth-order valence-corrected chi connectivity index (χ4v) is 1.14. The van der Waals surface area contributed by atoms with Gasteiger partial charge in [-0.3, -0.25) is 19.2 Å². The second kappa shape index (κ2) is 9.28. The fraction of sp³-hybridized carbons (Fsp3) is 0.556. The third kappa shape index (κ3) is 7.49. The van der Waals surface area contributed by atoms with Crippen LogP contribution in [0.5, 0.6) is 0 Å². The van der Waals surface area contributed by atoms with Gasteiger partial charge in [0.05, 0.1) is 13.0 Å². The van der Waals surface area contributed by atoms with Gasteiger partial charge in [-0.25, -0.2) is 0 Å². The molecule has 0 bridgehead atoms. The van der Waals surface area contributed by atoms with Crippen LogP contribution in [0.2, 0.25) is 0 Å². The maximum atomic E-state index is 11.5. The van der Waals surface area contributed by atoms with Gasteiger partial charge in [-0.2, -0.15) is 12.6 Å². The van der Waals surface area contributed by atoms with Crippen molar-refractivity contribution in [2.45, 2.75) is 12.5 Å². The molecular formula is C9H15N3O5S. The molecule has 0 saturated carbocycles. The SMILES string of the molecule is O=CNC(CC(=O)O)C(=O)NCC(=O)NCCS. The number of hydrogen-bond donors (Lipinski definition) is 5. The van der Waals surface area contributed by atoms with E-state index in [1.54, 1.807) is 0 Å². The van der Waals surface area contributed by atoms with E-state index < -0.39 is 30.2 Å². The summed E-state index contributed by atoms with van der Waals surface area (Å²) in [6.45, 7) is 0.0756. The lowest BCUT2D eigenvalue weighted by Crippen LogP contribution is -2.47. The van der Waals surface area contributed by atoms with Crippen LogP contribution in [-0.4, -0.2) is 54.2 Å². The lowest BCUT2D eigenvalue weighted by atomic mass is 10.2. The highest BCUT2D eigenvalue weighted by Crippen LogP contribution is 1.91. The molecule has 0 aromatic rings. The lowest BCUT2D eigenvalue weighted by Gasteiger charge is -2.13. The first-order chi connectivity index (χ1) is 8.51. The molecule has 0 radical (unpaired) electrons. The Morgan fingerprint density at radius 2 is 1.94 bits per heavy atom. The van der Waals surface area contributed by atoms with Gasteiger partial charge in [0.1, 0.15) is 6.04 Å². The first kappa shape index (κ1) is 16.2. The summed E-state index contributed by atoms with van der Waals surface area (Å²) < 4.78 is 0. The molecule has 0 aromatic carbocycles. The Bertz CT molecular complexity index is 323. The third-order valence-corrected chi connectivity index (χ3v) is 2.05. The van der Waals surface area contributed by atoms with Crippen LogP contribution < -0.4 is 16.0 Å². The molecule has 0 aromatic heterocycles. The van der Waals surface area contributed by atoms with Gasteiger partial charge >= 0.3 is 5.97 Å². The van der Waals surface area contributed by atoms with Gasteiger partial charge in [-0.15, -0.1) is 0 Å². The van der Waals surface area contributed by atoms with E-state index in [1.807, 2.05) is 0 Å². The summed E-state index contributed by atoms with van der Waals surface area (Å²) in [4.78, 5) is 43.3. The highest BCUT2D eigenvalue weighted by molar-refractivity contribution is 7.80. The lowest BCUT2D eigenvalue weighted by molar-refractivity contribution is -0.140. The van der Waals surface area contributed by atoms with Crippen molar-refractivity contribution in [3.05, 3.63) is 0 Å². The van der Waals surface area contributed by atoms with E-state index >= 15 is 0 Å². The Balaban J connectivity index is 4.12. The molecule has 3 amide bonds. The molecule has 0 fully saturated rings. The van der Waals surface area contributed by atoms with Crippen molar-refractivity contribution in [1.29, 1.82) is 0 Å². The quantitative estimate of drug-likeness (QED) is 0.240. The number of amides is 3. The molecule has 0 spiro atoms. The van der Waals surface area contributed by atoms with Crippen molar-refractivity contribution < 1.29 is 24.3 Å². The van der Waals surface area contributed by atoms with Gasteiger partial charge < -0.3 is 21.1 Å². The number of hydrogen-bond acceptors (Lipinski definition) is 5. The number of carbonyl (C=O) groups is 4. The van der Waals surface area contributed by atoms with Gasteiger partial charge in [-0.1, -0.05) is 0 Å².